The molecule has 1 rings (SSSR count). The predicted molar refractivity (Wildman–Crippen MR) is 97.4 cm³/mol. The lowest BCUT2D eigenvalue weighted by Gasteiger charge is -2.16. The summed E-state index contributed by atoms with van der Waals surface area (Å²) in [4.78, 5) is 0.980. The van der Waals surface area contributed by atoms with Gasteiger partial charge in [-0.15, -0.1) is 0 Å². The van der Waals surface area contributed by atoms with Crippen LogP contribution in [0.1, 0.15) is 32.8 Å². The van der Waals surface area contributed by atoms with Crippen molar-refractivity contribution in [1.82, 2.24) is 5.32 Å². The van der Waals surface area contributed by atoms with Crippen molar-refractivity contribution < 1.29 is 4.74 Å². The molecule has 1 aromatic rings. The van der Waals surface area contributed by atoms with Gasteiger partial charge in [0.15, 0.2) is 0 Å². The Morgan fingerprint density at radius 2 is 2.23 bits per heavy atom. The van der Waals surface area contributed by atoms with Crippen LogP contribution in [-0.2, 0) is 6.42 Å². The first-order chi connectivity index (χ1) is 10.7. The number of benzene rings is 1. The summed E-state index contributed by atoms with van der Waals surface area (Å²) in [7, 11) is 1.67. The van der Waals surface area contributed by atoms with E-state index in [1.165, 1.54) is 23.1 Å². The van der Waals surface area contributed by atoms with Gasteiger partial charge in [0.2, 0.25) is 0 Å². The lowest BCUT2D eigenvalue weighted by molar-refractivity contribution is 0.404. The molecule has 0 amide bonds. The van der Waals surface area contributed by atoms with Gasteiger partial charge in [0.25, 0.3) is 0 Å². The van der Waals surface area contributed by atoms with E-state index >= 15 is 0 Å². The van der Waals surface area contributed by atoms with Gasteiger partial charge in [-0.2, -0.15) is 0 Å². The molecule has 0 aliphatic heterocycles. The van der Waals surface area contributed by atoms with Crippen LogP contribution in [0, 0.1) is 0 Å². The maximum Gasteiger partial charge on any atom is 0.133 e. The molecule has 1 atom stereocenters. The van der Waals surface area contributed by atoms with Crippen molar-refractivity contribution in [1.29, 1.82) is 0 Å². The molecule has 1 aromatic carbocycles. The molecule has 0 fully saturated rings. The molecule has 0 unspecified atom stereocenters. The zero-order chi connectivity index (χ0) is 16.4. The SMILES string of the molecule is C/C=C\C(=C/CC)[C@@H](C)NCCc1ccc(OC)c(SN)c1. The van der Waals surface area contributed by atoms with Crippen LogP contribution >= 0.6 is 11.9 Å². The minimum absolute atomic E-state index is 0.359. The van der Waals surface area contributed by atoms with Gasteiger partial charge in [-0.05, 0) is 68.5 Å². The van der Waals surface area contributed by atoms with Crippen LogP contribution in [0.3, 0.4) is 0 Å². The number of ether oxygens (including phenoxy) is 1. The Hall–Kier alpha value is -1.23. The van der Waals surface area contributed by atoms with Crippen molar-refractivity contribution in [2.45, 2.75) is 44.6 Å². The Bertz CT molecular complexity index is 512. The number of hydrogen-bond acceptors (Lipinski definition) is 4. The molecule has 0 aliphatic carbocycles. The van der Waals surface area contributed by atoms with E-state index in [2.05, 4.69) is 56.4 Å². The van der Waals surface area contributed by atoms with Crippen molar-refractivity contribution in [2.75, 3.05) is 13.7 Å². The molecular weight excluding hydrogens is 292 g/mol. The number of methoxy groups -OCH3 is 1. The normalized spacial score (nSPS) is 13.6. The maximum absolute atomic E-state index is 5.68. The first-order valence-corrected chi connectivity index (χ1v) is 8.64. The third-order valence-electron chi connectivity index (χ3n) is 3.52. The molecule has 0 aliphatic rings. The molecule has 0 spiro atoms. The molecule has 0 saturated carbocycles. The molecule has 3 nitrogen and oxygen atoms in total. The highest BCUT2D eigenvalue weighted by atomic mass is 32.2. The molecule has 0 heterocycles. The fraction of sp³-hybridized carbons (Fsp3) is 0.444. The summed E-state index contributed by atoms with van der Waals surface area (Å²) in [6.07, 6.45) is 8.57. The molecule has 4 heteroatoms. The molecular formula is C18H28N2OS. The van der Waals surface area contributed by atoms with Gasteiger partial charge >= 0.3 is 0 Å². The second-order valence-corrected chi connectivity index (χ2v) is 5.82. The van der Waals surface area contributed by atoms with Crippen molar-refractivity contribution in [3.63, 3.8) is 0 Å². The summed E-state index contributed by atoms with van der Waals surface area (Å²) >= 11 is 1.23. The fourth-order valence-electron chi connectivity index (χ4n) is 2.34. The first kappa shape index (κ1) is 18.8. The molecule has 122 valence electrons. The van der Waals surface area contributed by atoms with Gasteiger partial charge < -0.3 is 10.1 Å². The van der Waals surface area contributed by atoms with E-state index in [1.807, 2.05) is 6.07 Å². The van der Waals surface area contributed by atoms with Gasteiger partial charge in [-0.3, -0.25) is 5.14 Å². The van der Waals surface area contributed by atoms with Gasteiger partial charge in [0.1, 0.15) is 5.75 Å². The number of allylic oxidation sites excluding steroid dienone is 2. The van der Waals surface area contributed by atoms with Gasteiger partial charge in [0, 0.05) is 6.04 Å². The van der Waals surface area contributed by atoms with Gasteiger partial charge in [-0.25, -0.2) is 0 Å². The van der Waals surface area contributed by atoms with E-state index in [0.29, 0.717) is 6.04 Å². The topological polar surface area (TPSA) is 47.3 Å². The monoisotopic (exact) mass is 320 g/mol. The van der Waals surface area contributed by atoms with Crippen molar-refractivity contribution in [2.24, 2.45) is 5.14 Å². The molecule has 0 radical (unpaired) electrons. The minimum atomic E-state index is 0.359. The summed E-state index contributed by atoms with van der Waals surface area (Å²) in [6.45, 7) is 7.36. The summed E-state index contributed by atoms with van der Waals surface area (Å²) in [5.41, 5.74) is 2.61. The van der Waals surface area contributed by atoms with Gasteiger partial charge in [-0.1, -0.05) is 31.2 Å². The highest BCUT2D eigenvalue weighted by molar-refractivity contribution is 7.97. The maximum atomic E-state index is 5.68. The molecule has 0 aromatic heterocycles. The third kappa shape index (κ3) is 5.87. The van der Waals surface area contributed by atoms with E-state index in [1.54, 1.807) is 7.11 Å². The van der Waals surface area contributed by atoms with Crippen LogP contribution in [0.15, 0.2) is 46.9 Å². The largest absolute Gasteiger partial charge is 0.496 e. The zero-order valence-corrected chi connectivity index (χ0v) is 14.9. The standard InChI is InChI=1S/C18H28N2OS/c1-5-7-16(8-6-2)14(3)20-12-11-15-9-10-17(21-4)18(13-15)22-19/h5,7-10,13-14,20H,6,11-12,19H2,1-4H3/b7-5-,16-8+/t14-/m1/s1. The van der Waals surface area contributed by atoms with Crippen LogP contribution in [0.2, 0.25) is 0 Å². The van der Waals surface area contributed by atoms with Crippen molar-refractivity contribution in [3.8, 4) is 5.75 Å². The van der Waals surface area contributed by atoms with Crippen LogP contribution in [0.4, 0.5) is 0 Å². The minimum Gasteiger partial charge on any atom is -0.496 e. The average molecular weight is 321 g/mol. The Kier molecular flexibility index (Phi) is 8.97. The molecule has 22 heavy (non-hydrogen) atoms. The number of nitrogens with one attached hydrogen (secondary N) is 1. The van der Waals surface area contributed by atoms with E-state index < -0.39 is 0 Å². The lowest BCUT2D eigenvalue weighted by atomic mass is 10.1. The smallest absolute Gasteiger partial charge is 0.133 e. The molecule has 3 N–H and O–H groups in total. The van der Waals surface area contributed by atoms with Crippen LogP contribution < -0.4 is 15.2 Å². The lowest BCUT2D eigenvalue weighted by Crippen LogP contribution is -2.29. The van der Waals surface area contributed by atoms with Crippen LogP contribution in [0.5, 0.6) is 5.75 Å². The van der Waals surface area contributed by atoms with E-state index in [0.717, 1.165) is 30.0 Å². The van der Waals surface area contributed by atoms with Crippen molar-refractivity contribution in [3.05, 3.63) is 47.6 Å². The average Bonchev–Trinajstić information content (AvgIpc) is 2.54. The van der Waals surface area contributed by atoms with Crippen molar-refractivity contribution >= 4 is 11.9 Å². The van der Waals surface area contributed by atoms with E-state index in [-0.39, 0.29) is 0 Å². The highest BCUT2D eigenvalue weighted by Crippen LogP contribution is 2.26. The Balaban J connectivity index is 2.58. The second-order valence-electron chi connectivity index (χ2n) is 5.14. The number of hydrogen-bond donors (Lipinski definition) is 2. The summed E-state index contributed by atoms with van der Waals surface area (Å²) in [5, 5.41) is 9.26. The summed E-state index contributed by atoms with van der Waals surface area (Å²) in [6, 6.07) is 6.54. The van der Waals surface area contributed by atoms with E-state index in [9.17, 15) is 0 Å². The van der Waals surface area contributed by atoms with Crippen LogP contribution in [0.25, 0.3) is 0 Å². The predicted octanol–water partition coefficient (Wildman–Crippen LogP) is 4.09. The highest BCUT2D eigenvalue weighted by Gasteiger charge is 2.06. The molecule has 0 saturated heterocycles. The number of nitrogens with two attached hydrogens (primary N) is 1. The van der Waals surface area contributed by atoms with E-state index in [4.69, 9.17) is 9.88 Å². The Morgan fingerprint density at radius 1 is 1.45 bits per heavy atom. The Labute approximate surface area is 139 Å². The van der Waals surface area contributed by atoms with Gasteiger partial charge in [0.05, 0.1) is 12.0 Å². The zero-order valence-electron chi connectivity index (χ0n) is 14.1. The van der Waals surface area contributed by atoms with Crippen LogP contribution in [-0.4, -0.2) is 19.7 Å². The summed E-state index contributed by atoms with van der Waals surface area (Å²) < 4.78 is 5.29. The fourth-order valence-corrected chi connectivity index (χ4v) is 2.82. The Morgan fingerprint density at radius 3 is 2.82 bits per heavy atom. The quantitative estimate of drug-likeness (QED) is 0.531. The second kappa shape index (κ2) is 10.5. The number of rotatable bonds is 9. The molecule has 0 bridgehead atoms. The summed E-state index contributed by atoms with van der Waals surface area (Å²) in [5.74, 6) is 0.832. The third-order valence-corrected chi connectivity index (χ3v) is 4.09. The first-order valence-electron chi connectivity index (χ1n) is 7.76.